The molecule has 1 aromatic heterocycles. The molecule has 1 unspecified atom stereocenters. The molecule has 0 aliphatic carbocycles. The molecule has 0 bridgehead atoms. The highest BCUT2D eigenvalue weighted by Crippen LogP contribution is 2.33. The van der Waals surface area contributed by atoms with E-state index in [2.05, 4.69) is 28.9 Å². The third kappa shape index (κ3) is 3.22. The first-order valence-corrected chi connectivity index (χ1v) is 7.77. The van der Waals surface area contributed by atoms with Gasteiger partial charge in [-0.1, -0.05) is 43.7 Å². The predicted octanol–water partition coefficient (Wildman–Crippen LogP) is 4.74. The van der Waals surface area contributed by atoms with Crippen LogP contribution in [0.5, 0.6) is 0 Å². The summed E-state index contributed by atoms with van der Waals surface area (Å²) < 4.78 is 1.12. The molecule has 1 heterocycles. The molecular formula is C15H17BrOS. The SMILES string of the molecule is CCCC(O)(Cc1ccc(Br)s1)c1ccccc1. The molecule has 1 nitrogen and oxygen atoms in total. The number of rotatable bonds is 5. The molecule has 0 saturated heterocycles. The second kappa shape index (κ2) is 6.00. The minimum Gasteiger partial charge on any atom is -0.385 e. The van der Waals surface area contributed by atoms with E-state index in [1.54, 1.807) is 11.3 Å². The largest absolute Gasteiger partial charge is 0.385 e. The quantitative estimate of drug-likeness (QED) is 0.842. The molecule has 18 heavy (non-hydrogen) atoms. The minimum atomic E-state index is -0.750. The van der Waals surface area contributed by atoms with Gasteiger partial charge >= 0.3 is 0 Å². The Morgan fingerprint density at radius 2 is 1.89 bits per heavy atom. The van der Waals surface area contributed by atoms with E-state index in [4.69, 9.17) is 0 Å². The highest BCUT2D eigenvalue weighted by Gasteiger charge is 2.28. The van der Waals surface area contributed by atoms with Gasteiger partial charge in [-0.2, -0.15) is 0 Å². The molecule has 2 aromatic rings. The van der Waals surface area contributed by atoms with Gasteiger partial charge in [0.05, 0.1) is 9.39 Å². The Morgan fingerprint density at radius 1 is 1.17 bits per heavy atom. The molecule has 0 spiro atoms. The zero-order valence-corrected chi connectivity index (χ0v) is 12.8. The Hall–Kier alpha value is -0.640. The number of hydrogen-bond acceptors (Lipinski definition) is 2. The van der Waals surface area contributed by atoms with Crippen molar-refractivity contribution in [3.8, 4) is 0 Å². The maximum absolute atomic E-state index is 10.9. The smallest absolute Gasteiger partial charge is 0.0944 e. The molecule has 0 aliphatic rings. The first-order valence-electron chi connectivity index (χ1n) is 6.16. The van der Waals surface area contributed by atoms with Crippen LogP contribution in [0, 0.1) is 0 Å². The van der Waals surface area contributed by atoms with Crippen molar-refractivity contribution in [2.45, 2.75) is 31.8 Å². The fourth-order valence-corrected chi connectivity index (χ4v) is 3.82. The van der Waals surface area contributed by atoms with Gasteiger partial charge in [-0.3, -0.25) is 0 Å². The second-order valence-corrected chi connectivity index (χ2v) is 7.08. The lowest BCUT2D eigenvalue weighted by molar-refractivity contribution is 0.0277. The summed E-state index contributed by atoms with van der Waals surface area (Å²) in [4.78, 5) is 1.21. The molecule has 0 aliphatic heterocycles. The molecule has 3 heteroatoms. The Balaban J connectivity index is 2.26. The lowest BCUT2D eigenvalue weighted by Crippen LogP contribution is -2.28. The number of halogens is 1. The monoisotopic (exact) mass is 324 g/mol. The van der Waals surface area contributed by atoms with Crippen LogP contribution in [0.2, 0.25) is 0 Å². The van der Waals surface area contributed by atoms with Gasteiger partial charge in [-0.15, -0.1) is 11.3 Å². The predicted molar refractivity (Wildman–Crippen MR) is 81.0 cm³/mol. The Labute approximate surface area is 121 Å². The zero-order valence-electron chi connectivity index (χ0n) is 10.4. The molecule has 0 amide bonds. The van der Waals surface area contributed by atoms with Crippen LogP contribution in [0.15, 0.2) is 46.3 Å². The van der Waals surface area contributed by atoms with Gasteiger partial charge < -0.3 is 5.11 Å². The van der Waals surface area contributed by atoms with Crippen LogP contribution in [0.25, 0.3) is 0 Å². The van der Waals surface area contributed by atoms with Crippen molar-refractivity contribution < 1.29 is 5.11 Å². The lowest BCUT2D eigenvalue weighted by Gasteiger charge is -2.28. The molecular weight excluding hydrogens is 308 g/mol. The van der Waals surface area contributed by atoms with Gasteiger partial charge in [0, 0.05) is 11.3 Å². The number of hydrogen-bond donors (Lipinski definition) is 1. The van der Waals surface area contributed by atoms with Crippen molar-refractivity contribution in [1.29, 1.82) is 0 Å². The number of thiophene rings is 1. The number of aliphatic hydroxyl groups is 1. The average Bonchev–Trinajstić information content (AvgIpc) is 2.76. The first kappa shape index (κ1) is 13.8. The maximum atomic E-state index is 10.9. The van der Waals surface area contributed by atoms with E-state index in [-0.39, 0.29) is 0 Å². The van der Waals surface area contributed by atoms with E-state index >= 15 is 0 Å². The summed E-state index contributed by atoms with van der Waals surface area (Å²) in [7, 11) is 0. The van der Waals surface area contributed by atoms with Crippen molar-refractivity contribution >= 4 is 27.3 Å². The number of benzene rings is 1. The molecule has 0 radical (unpaired) electrons. The van der Waals surface area contributed by atoms with Crippen molar-refractivity contribution in [1.82, 2.24) is 0 Å². The summed E-state index contributed by atoms with van der Waals surface area (Å²) in [5.41, 5.74) is 0.261. The summed E-state index contributed by atoms with van der Waals surface area (Å²) in [6.45, 7) is 2.11. The van der Waals surface area contributed by atoms with Crippen molar-refractivity contribution in [3.05, 3.63) is 56.7 Å². The van der Waals surface area contributed by atoms with Gasteiger partial charge in [0.25, 0.3) is 0 Å². The third-order valence-electron chi connectivity index (χ3n) is 3.07. The average molecular weight is 325 g/mol. The highest BCUT2D eigenvalue weighted by molar-refractivity contribution is 9.11. The topological polar surface area (TPSA) is 20.2 Å². The van der Waals surface area contributed by atoms with Crippen molar-refractivity contribution in [2.24, 2.45) is 0 Å². The van der Waals surface area contributed by atoms with Crippen molar-refractivity contribution in [2.75, 3.05) is 0 Å². The van der Waals surface area contributed by atoms with E-state index in [1.807, 2.05) is 36.4 Å². The van der Waals surface area contributed by atoms with Crippen LogP contribution in [-0.2, 0) is 12.0 Å². The Bertz CT molecular complexity index is 494. The highest BCUT2D eigenvalue weighted by atomic mass is 79.9. The van der Waals surface area contributed by atoms with E-state index in [0.29, 0.717) is 6.42 Å². The van der Waals surface area contributed by atoms with Crippen LogP contribution < -0.4 is 0 Å². The van der Waals surface area contributed by atoms with Crippen LogP contribution >= 0.6 is 27.3 Å². The molecule has 1 N–H and O–H groups in total. The lowest BCUT2D eigenvalue weighted by atomic mass is 9.86. The van der Waals surface area contributed by atoms with Crippen LogP contribution in [0.3, 0.4) is 0 Å². The van der Waals surface area contributed by atoms with E-state index in [1.165, 1.54) is 4.88 Å². The van der Waals surface area contributed by atoms with Crippen molar-refractivity contribution in [3.63, 3.8) is 0 Å². The molecule has 0 fully saturated rings. The van der Waals surface area contributed by atoms with Gasteiger partial charge in [-0.05, 0) is 40.0 Å². The normalized spacial score (nSPS) is 14.4. The van der Waals surface area contributed by atoms with E-state index in [0.717, 1.165) is 22.2 Å². The van der Waals surface area contributed by atoms with Gasteiger partial charge in [-0.25, -0.2) is 0 Å². The summed E-state index contributed by atoms with van der Waals surface area (Å²) in [6, 6.07) is 14.1. The Morgan fingerprint density at radius 3 is 2.44 bits per heavy atom. The summed E-state index contributed by atoms with van der Waals surface area (Å²) in [5, 5.41) is 10.9. The molecule has 96 valence electrons. The fraction of sp³-hybridized carbons (Fsp3) is 0.333. The van der Waals surface area contributed by atoms with Gasteiger partial charge in [0.15, 0.2) is 0 Å². The van der Waals surface area contributed by atoms with Crippen LogP contribution in [0.4, 0.5) is 0 Å². The summed E-state index contributed by atoms with van der Waals surface area (Å²) in [5.74, 6) is 0. The molecule has 2 rings (SSSR count). The maximum Gasteiger partial charge on any atom is 0.0944 e. The standard InChI is InChI=1S/C15H17BrOS/c1-2-10-15(17,12-6-4-3-5-7-12)11-13-8-9-14(16)18-13/h3-9,17H,2,10-11H2,1H3. The molecule has 1 aromatic carbocycles. The first-order chi connectivity index (χ1) is 8.64. The summed E-state index contributed by atoms with van der Waals surface area (Å²) >= 11 is 5.16. The zero-order chi connectivity index (χ0) is 13.0. The second-order valence-electron chi connectivity index (χ2n) is 4.53. The van der Waals surface area contributed by atoms with E-state index in [9.17, 15) is 5.11 Å². The third-order valence-corrected chi connectivity index (χ3v) is 4.69. The fourth-order valence-electron chi connectivity index (χ4n) is 2.23. The summed E-state index contributed by atoms with van der Waals surface area (Å²) in [6.07, 6.45) is 2.44. The van der Waals surface area contributed by atoms with Gasteiger partial charge in [0.2, 0.25) is 0 Å². The molecule has 1 atom stereocenters. The van der Waals surface area contributed by atoms with E-state index < -0.39 is 5.60 Å². The molecule has 0 saturated carbocycles. The van der Waals surface area contributed by atoms with Crippen LogP contribution in [0.1, 0.15) is 30.2 Å². The Kier molecular flexibility index (Phi) is 4.60. The van der Waals surface area contributed by atoms with Gasteiger partial charge in [0.1, 0.15) is 0 Å². The minimum absolute atomic E-state index is 0.682. The van der Waals surface area contributed by atoms with Crippen LogP contribution in [-0.4, -0.2) is 5.11 Å².